The molecule has 0 fully saturated rings. The van der Waals surface area contributed by atoms with Gasteiger partial charge in [-0.2, -0.15) is 0 Å². The summed E-state index contributed by atoms with van der Waals surface area (Å²) in [5.74, 6) is -1.67. The second kappa shape index (κ2) is 5.64. The number of carbonyl (C=O) groups is 1. The van der Waals surface area contributed by atoms with Gasteiger partial charge in [-0.1, -0.05) is 12.2 Å². The van der Waals surface area contributed by atoms with Gasteiger partial charge < -0.3 is 9.52 Å². The van der Waals surface area contributed by atoms with Crippen LogP contribution in [0.1, 0.15) is 6.42 Å². The van der Waals surface area contributed by atoms with Crippen LogP contribution in [0.25, 0.3) is 11.0 Å². The lowest BCUT2D eigenvalue weighted by Gasteiger charge is -2.13. The number of nitrogens with one attached hydrogen (secondary N) is 1. The molecular formula is C15H13NO6S. The van der Waals surface area contributed by atoms with Gasteiger partial charge in [0.2, 0.25) is 10.0 Å². The number of carboxylic acid groups (broad SMARTS) is 1. The molecule has 120 valence electrons. The van der Waals surface area contributed by atoms with E-state index in [0.29, 0.717) is 11.0 Å². The molecule has 0 spiro atoms. The molecule has 1 aliphatic rings. The molecule has 0 amide bonds. The summed E-state index contributed by atoms with van der Waals surface area (Å²) in [6.07, 6.45) is 3.19. The van der Waals surface area contributed by atoms with Crippen molar-refractivity contribution in [2.45, 2.75) is 17.4 Å². The summed E-state index contributed by atoms with van der Waals surface area (Å²) >= 11 is 0. The third kappa shape index (κ3) is 3.17. The maximum Gasteiger partial charge on any atom is 0.336 e. The van der Waals surface area contributed by atoms with Crippen LogP contribution in [0, 0.1) is 5.92 Å². The maximum atomic E-state index is 12.4. The van der Waals surface area contributed by atoms with E-state index in [1.165, 1.54) is 42.5 Å². The number of fused-ring (bicyclic) bond motifs is 1. The minimum atomic E-state index is -3.81. The summed E-state index contributed by atoms with van der Waals surface area (Å²) < 4.78 is 32.2. The van der Waals surface area contributed by atoms with Crippen LogP contribution < -0.4 is 10.3 Å². The van der Waals surface area contributed by atoms with Crippen LogP contribution in [0.4, 0.5) is 0 Å². The van der Waals surface area contributed by atoms with Gasteiger partial charge in [-0.25, -0.2) is 17.9 Å². The fraction of sp³-hybridized carbons (Fsp3) is 0.200. The Morgan fingerprint density at radius 2 is 2.00 bits per heavy atom. The molecule has 2 unspecified atom stereocenters. The Balaban J connectivity index is 1.85. The molecule has 2 aromatic rings. The summed E-state index contributed by atoms with van der Waals surface area (Å²) in [7, 11) is -3.81. The van der Waals surface area contributed by atoms with Gasteiger partial charge in [0.05, 0.1) is 10.8 Å². The minimum absolute atomic E-state index is 0.0195. The first-order chi connectivity index (χ1) is 10.8. The van der Waals surface area contributed by atoms with Crippen molar-refractivity contribution in [1.29, 1.82) is 0 Å². The Hall–Kier alpha value is -2.45. The van der Waals surface area contributed by atoms with Crippen molar-refractivity contribution < 1.29 is 22.7 Å². The predicted octanol–water partition coefficient (Wildman–Crippen LogP) is 1.10. The van der Waals surface area contributed by atoms with Crippen LogP contribution in [-0.4, -0.2) is 25.5 Å². The normalized spacial score (nSPS) is 20.9. The number of hydrogen-bond acceptors (Lipinski definition) is 5. The summed E-state index contributed by atoms with van der Waals surface area (Å²) in [6, 6.07) is 6.27. The Labute approximate surface area is 131 Å². The Bertz CT molecular complexity index is 959. The molecular weight excluding hydrogens is 322 g/mol. The van der Waals surface area contributed by atoms with Crippen LogP contribution in [0.3, 0.4) is 0 Å². The minimum Gasteiger partial charge on any atom is -0.481 e. The van der Waals surface area contributed by atoms with Gasteiger partial charge in [0.1, 0.15) is 5.58 Å². The van der Waals surface area contributed by atoms with E-state index in [1.54, 1.807) is 0 Å². The third-order valence-electron chi connectivity index (χ3n) is 3.61. The van der Waals surface area contributed by atoms with Gasteiger partial charge in [-0.15, -0.1) is 0 Å². The number of aliphatic carboxylic acids is 1. The standard InChI is InChI=1S/C15H13NO6S/c17-14-6-2-9-8-12(4-5-13(9)22-14)23(20,21)16-11-3-1-10(7-11)15(18)19/h1-6,8,10-11,16H,7H2,(H,18,19). The van der Waals surface area contributed by atoms with Gasteiger partial charge >= 0.3 is 11.6 Å². The van der Waals surface area contributed by atoms with E-state index < -0.39 is 33.6 Å². The summed E-state index contributed by atoms with van der Waals surface area (Å²) in [5, 5.41) is 9.41. The summed E-state index contributed by atoms with van der Waals surface area (Å²) in [6.45, 7) is 0. The first-order valence-corrected chi connectivity index (χ1v) is 8.31. The average Bonchev–Trinajstić information content (AvgIpc) is 2.94. The Morgan fingerprint density at radius 3 is 2.70 bits per heavy atom. The summed E-state index contributed by atoms with van der Waals surface area (Å²) in [4.78, 5) is 22.0. The first-order valence-electron chi connectivity index (χ1n) is 6.82. The molecule has 1 aromatic heterocycles. The highest BCUT2D eigenvalue weighted by Gasteiger charge is 2.28. The zero-order valence-corrected chi connectivity index (χ0v) is 12.6. The third-order valence-corrected chi connectivity index (χ3v) is 5.10. The van der Waals surface area contributed by atoms with Crippen molar-refractivity contribution in [3.05, 3.63) is 52.9 Å². The molecule has 2 N–H and O–H groups in total. The van der Waals surface area contributed by atoms with Gasteiger partial charge in [-0.3, -0.25) is 4.79 Å². The van der Waals surface area contributed by atoms with Crippen LogP contribution in [-0.2, 0) is 14.8 Å². The highest BCUT2D eigenvalue weighted by molar-refractivity contribution is 7.89. The van der Waals surface area contributed by atoms with Gasteiger partial charge in [0, 0.05) is 17.5 Å². The molecule has 1 aromatic carbocycles. The number of rotatable bonds is 4. The topological polar surface area (TPSA) is 114 Å². The van der Waals surface area contributed by atoms with E-state index in [4.69, 9.17) is 9.52 Å². The van der Waals surface area contributed by atoms with Gasteiger partial charge in [-0.05, 0) is 30.7 Å². The molecule has 1 aliphatic carbocycles. The quantitative estimate of drug-likeness (QED) is 0.639. The number of hydrogen-bond donors (Lipinski definition) is 2. The van der Waals surface area contributed by atoms with Crippen molar-refractivity contribution in [2.75, 3.05) is 0 Å². The number of sulfonamides is 1. The fourth-order valence-electron chi connectivity index (χ4n) is 2.45. The molecule has 0 saturated heterocycles. The van der Waals surface area contributed by atoms with E-state index in [0.717, 1.165) is 0 Å². The van der Waals surface area contributed by atoms with Crippen LogP contribution in [0.5, 0.6) is 0 Å². The predicted molar refractivity (Wildman–Crippen MR) is 81.5 cm³/mol. The van der Waals surface area contributed by atoms with E-state index in [9.17, 15) is 18.0 Å². The van der Waals surface area contributed by atoms with E-state index >= 15 is 0 Å². The van der Waals surface area contributed by atoms with Crippen molar-refractivity contribution in [2.24, 2.45) is 5.92 Å². The highest BCUT2D eigenvalue weighted by Crippen LogP contribution is 2.22. The second-order valence-corrected chi connectivity index (χ2v) is 6.96. The van der Waals surface area contributed by atoms with Crippen molar-refractivity contribution in [3.63, 3.8) is 0 Å². The lowest BCUT2D eigenvalue weighted by molar-refractivity contribution is -0.140. The Morgan fingerprint density at radius 1 is 1.22 bits per heavy atom. The molecule has 1 heterocycles. The lowest BCUT2D eigenvalue weighted by Crippen LogP contribution is -2.33. The molecule has 23 heavy (non-hydrogen) atoms. The zero-order valence-electron chi connectivity index (χ0n) is 11.8. The smallest absolute Gasteiger partial charge is 0.336 e. The second-order valence-electron chi connectivity index (χ2n) is 5.25. The van der Waals surface area contributed by atoms with Crippen molar-refractivity contribution >= 4 is 27.0 Å². The van der Waals surface area contributed by atoms with Crippen LogP contribution in [0.15, 0.2) is 56.6 Å². The highest BCUT2D eigenvalue weighted by atomic mass is 32.2. The van der Waals surface area contributed by atoms with Gasteiger partial charge in [0.15, 0.2) is 0 Å². The van der Waals surface area contributed by atoms with Crippen molar-refractivity contribution in [3.8, 4) is 0 Å². The number of carboxylic acids is 1. The van der Waals surface area contributed by atoms with Crippen molar-refractivity contribution in [1.82, 2.24) is 4.72 Å². The van der Waals surface area contributed by atoms with E-state index in [1.807, 2.05) is 0 Å². The molecule has 0 aliphatic heterocycles. The van der Waals surface area contributed by atoms with E-state index in [-0.39, 0.29) is 11.3 Å². The largest absolute Gasteiger partial charge is 0.481 e. The van der Waals surface area contributed by atoms with Crippen LogP contribution >= 0.6 is 0 Å². The van der Waals surface area contributed by atoms with Gasteiger partial charge in [0.25, 0.3) is 0 Å². The summed E-state index contributed by atoms with van der Waals surface area (Å²) in [5.41, 5.74) is -0.217. The SMILES string of the molecule is O=C(O)C1C=CC(NS(=O)(=O)c2ccc3oc(=O)ccc3c2)C1. The number of benzene rings is 1. The molecule has 8 heteroatoms. The molecule has 0 saturated carbocycles. The fourth-order valence-corrected chi connectivity index (χ4v) is 3.69. The monoisotopic (exact) mass is 335 g/mol. The van der Waals surface area contributed by atoms with Crippen LogP contribution in [0.2, 0.25) is 0 Å². The molecule has 3 rings (SSSR count). The molecule has 7 nitrogen and oxygen atoms in total. The average molecular weight is 335 g/mol. The Kier molecular flexibility index (Phi) is 3.78. The molecule has 0 bridgehead atoms. The van der Waals surface area contributed by atoms with E-state index in [2.05, 4.69) is 4.72 Å². The maximum absolute atomic E-state index is 12.4. The zero-order chi connectivity index (χ0) is 16.6. The molecule has 0 radical (unpaired) electrons. The molecule has 2 atom stereocenters. The lowest BCUT2D eigenvalue weighted by atomic mass is 10.1. The first kappa shape index (κ1) is 15.4.